The standard InChI is InChI=1S/C20H22N4O6/c1-10(14-8-11-5-6-12(14)7-11)21-20(28)22-16(25)9-23-18(26)13-3-2-4-15(24(29)30)17(13)19(23)27/h2-4,10-12,14H,5-9H2,1H3,(H2,21,22,25,28). The largest absolute Gasteiger partial charge is 0.335 e. The molecule has 0 aromatic heterocycles. The zero-order valence-corrected chi connectivity index (χ0v) is 16.4. The van der Waals surface area contributed by atoms with E-state index in [9.17, 15) is 29.3 Å². The van der Waals surface area contributed by atoms with E-state index in [0.29, 0.717) is 16.7 Å². The summed E-state index contributed by atoms with van der Waals surface area (Å²) in [5.41, 5.74) is -0.961. The lowest BCUT2D eigenvalue weighted by molar-refractivity contribution is -0.385. The van der Waals surface area contributed by atoms with E-state index in [1.165, 1.54) is 31.4 Å². The molecule has 1 aromatic carbocycles. The zero-order valence-electron chi connectivity index (χ0n) is 16.4. The van der Waals surface area contributed by atoms with Crippen LogP contribution in [0.2, 0.25) is 0 Å². The molecule has 2 saturated carbocycles. The van der Waals surface area contributed by atoms with Gasteiger partial charge in [-0.25, -0.2) is 4.79 Å². The normalized spacial score (nSPS) is 25.2. The first kappa shape index (κ1) is 20.0. The molecule has 30 heavy (non-hydrogen) atoms. The van der Waals surface area contributed by atoms with Crippen LogP contribution in [0.3, 0.4) is 0 Å². The Hall–Kier alpha value is -3.30. The molecule has 1 aromatic rings. The second-order valence-electron chi connectivity index (χ2n) is 8.30. The minimum atomic E-state index is -0.923. The van der Waals surface area contributed by atoms with Crippen molar-refractivity contribution in [1.29, 1.82) is 0 Å². The highest BCUT2D eigenvalue weighted by Gasteiger charge is 2.43. The maximum Gasteiger partial charge on any atom is 0.321 e. The van der Waals surface area contributed by atoms with Crippen LogP contribution in [0.1, 0.15) is 53.3 Å². The number of urea groups is 1. The Morgan fingerprint density at radius 1 is 1.23 bits per heavy atom. The fraction of sp³-hybridized carbons (Fsp3) is 0.500. The van der Waals surface area contributed by atoms with Crippen LogP contribution in [-0.4, -0.2) is 46.2 Å². The monoisotopic (exact) mass is 414 g/mol. The third-order valence-corrected chi connectivity index (χ3v) is 6.52. The van der Waals surface area contributed by atoms with Crippen molar-refractivity contribution in [2.45, 2.75) is 38.6 Å². The number of carbonyl (C=O) groups is 4. The average Bonchev–Trinajstić information content (AvgIpc) is 3.38. The fourth-order valence-electron chi connectivity index (χ4n) is 5.18. The number of nitrogens with one attached hydrogen (secondary N) is 2. The second-order valence-corrected chi connectivity index (χ2v) is 8.30. The molecule has 158 valence electrons. The van der Waals surface area contributed by atoms with Crippen molar-refractivity contribution in [3.8, 4) is 0 Å². The summed E-state index contributed by atoms with van der Waals surface area (Å²) < 4.78 is 0. The Balaban J connectivity index is 1.35. The van der Waals surface area contributed by atoms with Crippen LogP contribution in [0.25, 0.3) is 0 Å². The van der Waals surface area contributed by atoms with Gasteiger partial charge < -0.3 is 5.32 Å². The third kappa shape index (κ3) is 3.42. The number of nitro groups is 1. The highest BCUT2D eigenvalue weighted by Crippen LogP contribution is 2.49. The van der Waals surface area contributed by atoms with Gasteiger partial charge in [-0.1, -0.05) is 12.5 Å². The third-order valence-electron chi connectivity index (χ3n) is 6.52. The smallest absolute Gasteiger partial charge is 0.321 e. The van der Waals surface area contributed by atoms with Gasteiger partial charge in [0.05, 0.1) is 10.5 Å². The number of amides is 5. The summed E-state index contributed by atoms with van der Waals surface area (Å²) in [6, 6.07) is 2.95. The number of fused-ring (bicyclic) bond motifs is 3. The molecule has 4 unspecified atom stereocenters. The van der Waals surface area contributed by atoms with Gasteiger partial charge in [0.15, 0.2) is 0 Å². The van der Waals surface area contributed by atoms with E-state index in [1.807, 2.05) is 6.92 Å². The van der Waals surface area contributed by atoms with Crippen LogP contribution in [0.15, 0.2) is 18.2 Å². The van der Waals surface area contributed by atoms with Crippen molar-refractivity contribution >= 4 is 29.4 Å². The molecular weight excluding hydrogens is 392 g/mol. The number of hydrogen-bond acceptors (Lipinski definition) is 6. The van der Waals surface area contributed by atoms with Crippen molar-refractivity contribution < 1.29 is 24.1 Å². The van der Waals surface area contributed by atoms with E-state index in [2.05, 4.69) is 10.6 Å². The lowest BCUT2D eigenvalue weighted by atomic mass is 9.84. The van der Waals surface area contributed by atoms with Crippen molar-refractivity contribution in [3.63, 3.8) is 0 Å². The summed E-state index contributed by atoms with van der Waals surface area (Å²) in [5.74, 6) is -0.842. The quantitative estimate of drug-likeness (QED) is 0.428. The molecule has 3 aliphatic rings. The van der Waals surface area contributed by atoms with Crippen molar-refractivity contribution in [1.82, 2.24) is 15.5 Å². The highest BCUT2D eigenvalue weighted by molar-refractivity contribution is 6.24. The van der Waals surface area contributed by atoms with E-state index in [0.717, 1.165) is 18.4 Å². The Morgan fingerprint density at radius 3 is 2.63 bits per heavy atom. The minimum Gasteiger partial charge on any atom is -0.335 e. The molecule has 10 heteroatoms. The van der Waals surface area contributed by atoms with Crippen molar-refractivity contribution in [3.05, 3.63) is 39.4 Å². The van der Waals surface area contributed by atoms with Crippen LogP contribution in [0.4, 0.5) is 10.5 Å². The van der Waals surface area contributed by atoms with Crippen LogP contribution in [0, 0.1) is 27.9 Å². The van der Waals surface area contributed by atoms with E-state index >= 15 is 0 Å². The maximum atomic E-state index is 12.5. The molecule has 2 aliphatic carbocycles. The summed E-state index contributed by atoms with van der Waals surface area (Å²) in [4.78, 5) is 60.4. The lowest BCUT2D eigenvalue weighted by Gasteiger charge is -2.28. The first-order valence-corrected chi connectivity index (χ1v) is 10.00. The number of benzene rings is 1. The van der Waals surface area contributed by atoms with E-state index in [4.69, 9.17) is 0 Å². The van der Waals surface area contributed by atoms with Gasteiger partial charge in [-0.05, 0) is 50.0 Å². The minimum absolute atomic E-state index is 0.0879. The number of hydrogen-bond donors (Lipinski definition) is 2. The summed E-state index contributed by atoms with van der Waals surface area (Å²) in [7, 11) is 0. The van der Waals surface area contributed by atoms with Gasteiger partial charge in [0.25, 0.3) is 17.5 Å². The Bertz CT molecular complexity index is 961. The Kier molecular flexibility index (Phi) is 5.00. The van der Waals surface area contributed by atoms with Gasteiger partial charge in [0, 0.05) is 12.1 Å². The van der Waals surface area contributed by atoms with Crippen LogP contribution in [0.5, 0.6) is 0 Å². The molecule has 5 amide bonds. The lowest BCUT2D eigenvalue weighted by Crippen LogP contribution is -2.49. The maximum absolute atomic E-state index is 12.5. The first-order valence-electron chi connectivity index (χ1n) is 10.00. The number of rotatable bonds is 5. The summed E-state index contributed by atoms with van der Waals surface area (Å²) in [5, 5.41) is 16.1. The summed E-state index contributed by atoms with van der Waals surface area (Å²) >= 11 is 0. The second kappa shape index (κ2) is 7.51. The van der Waals surface area contributed by atoms with Gasteiger partial charge in [-0.2, -0.15) is 0 Å². The van der Waals surface area contributed by atoms with Gasteiger partial charge in [-0.3, -0.25) is 34.7 Å². The van der Waals surface area contributed by atoms with Crippen LogP contribution < -0.4 is 10.6 Å². The molecule has 4 rings (SSSR count). The molecule has 10 nitrogen and oxygen atoms in total. The van der Waals surface area contributed by atoms with E-state index < -0.39 is 40.9 Å². The average molecular weight is 414 g/mol. The fourth-order valence-corrected chi connectivity index (χ4v) is 5.18. The molecule has 0 radical (unpaired) electrons. The number of nitro benzene ring substituents is 1. The van der Waals surface area contributed by atoms with Crippen LogP contribution >= 0.6 is 0 Å². The molecule has 1 aliphatic heterocycles. The zero-order chi connectivity index (χ0) is 21.6. The molecule has 2 fully saturated rings. The summed E-state index contributed by atoms with van der Waals surface area (Å²) in [6.45, 7) is 1.22. The number of imide groups is 2. The molecule has 2 N–H and O–H groups in total. The summed E-state index contributed by atoms with van der Waals surface area (Å²) in [6.07, 6.45) is 4.70. The van der Waals surface area contributed by atoms with Gasteiger partial charge in [-0.15, -0.1) is 0 Å². The topological polar surface area (TPSA) is 139 Å². The molecular formula is C20H22N4O6. The van der Waals surface area contributed by atoms with Gasteiger partial charge >= 0.3 is 6.03 Å². The number of nitrogens with zero attached hydrogens (tertiary/aromatic N) is 2. The van der Waals surface area contributed by atoms with E-state index in [-0.39, 0.29) is 17.2 Å². The predicted molar refractivity (Wildman–Crippen MR) is 104 cm³/mol. The van der Waals surface area contributed by atoms with Crippen LogP contribution in [-0.2, 0) is 4.79 Å². The van der Waals surface area contributed by atoms with Gasteiger partial charge in [0.1, 0.15) is 12.1 Å². The Morgan fingerprint density at radius 2 is 2.00 bits per heavy atom. The number of carbonyl (C=O) groups excluding carboxylic acids is 4. The van der Waals surface area contributed by atoms with Crippen molar-refractivity contribution in [2.75, 3.05) is 6.54 Å². The molecule has 0 saturated heterocycles. The SMILES string of the molecule is CC(NC(=O)NC(=O)CN1C(=O)c2cccc([N+](=O)[O-])c2C1=O)C1CC2CCC1C2. The molecule has 4 atom stereocenters. The molecule has 0 spiro atoms. The van der Waals surface area contributed by atoms with E-state index in [1.54, 1.807) is 0 Å². The molecule has 2 bridgehead atoms. The Labute approximate surface area is 172 Å². The predicted octanol–water partition coefficient (Wildman–Crippen LogP) is 1.84. The first-order chi connectivity index (χ1) is 14.3. The van der Waals surface area contributed by atoms with Gasteiger partial charge in [0.2, 0.25) is 5.91 Å². The van der Waals surface area contributed by atoms with Crippen molar-refractivity contribution in [2.24, 2.45) is 17.8 Å². The molecule has 1 heterocycles. The highest BCUT2D eigenvalue weighted by atomic mass is 16.6.